The van der Waals surface area contributed by atoms with E-state index < -0.39 is 34.0 Å². The minimum Gasteiger partial charge on any atom is -0.317 e. The molecule has 3 aromatic rings. The molecule has 32 heavy (non-hydrogen) atoms. The number of hydroxylamine groups is 1. The summed E-state index contributed by atoms with van der Waals surface area (Å²) >= 11 is 0.418. The summed E-state index contributed by atoms with van der Waals surface area (Å²) in [7, 11) is 1.43. The number of aromatic nitrogens is 1. The minimum atomic E-state index is -2.20. The van der Waals surface area contributed by atoms with E-state index in [0.717, 1.165) is 0 Å². The second kappa shape index (κ2) is 12.2. The number of hydrogen-bond donors (Lipinski definition) is 2. The van der Waals surface area contributed by atoms with Gasteiger partial charge in [-0.05, 0) is 29.1 Å². The predicted octanol–water partition coefficient (Wildman–Crippen LogP) is 4.89. The van der Waals surface area contributed by atoms with Gasteiger partial charge in [-0.2, -0.15) is 0 Å². The molecule has 3 rings (SSSR count). The van der Waals surface area contributed by atoms with Crippen LogP contribution in [0.3, 0.4) is 0 Å². The lowest BCUT2D eigenvalue weighted by Crippen LogP contribution is -2.17. The zero-order valence-electron chi connectivity index (χ0n) is 16.7. The van der Waals surface area contributed by atoms with Gasteiger partial charge in [0.1, 0.15) is 11.2 Å². The molecule has 2 N–H and O–H groups in total. The first kappa shape index (κ1) is 25.4. The van der Waals surface area contributed by atoms with E-state index in [-0.39, 0.29) is 13.1 Å². The van der Waals surface area contributed by atoms with Gasteiger partial charge in [0.15, 0.2) is 23.3 Å². The third kappa shape index (κ3) is 6.57. The van der Waals surface area contributed by atoms with Crippen LogP contribution in [-0.2, 0) is 13.1 Å². The fourth-order valence-corrected chi connectivity index (χ4v) is 3.54. The molecular formula is C21H18F5N3O2S. The maximum Gasteiger partial charge on any atom is 0.200 e. The number of carbonyl (C=O) groups excluding carboxylic acids is 1. The second-order valence-electron chi connectivity index (χ2n) is 6.23. The van der Waals surface area contributed by atoms with E-state index in [9.17, 15) is 26.7 Å². The van der Waals surface area contributed by atoms with Crippen LogP contribution in [0.2, 0.25) is 0 Å². The van der Waals surface area contributed by atoms with Crippen molar-refractivity contribution in [2.24, 2.45) is 0 Å². The molecular weight excluding hydrogens is 453 g/mol. The highest BCUT2D eigenvalue weighted by atomic mass is 32.2. The van der Waals surface area contributed by atoms with Crippen molar-refractivity contribution in [3.63, 3.8) is 0 Å². The Kier molecular flexibility index (Phi) is 9.72. The molecule has 5 nitrogen and oxygen atoms in total. The average Bonchev–Trinajstić information content (AvgIpc) is 2.81. The van der Waals surface area contributed by atoms with Gasteiger partial charge in [0.05, 0.1) is 0 Å². The smallest absolute Gasteiger partial charge is 0.200 e. The van der Waals surface area contributed by atoms with Crippen molar-refractivity contribution < 1.29 is 32.0 Å². The molecule has 170 valence electrons. The highest BCUT2D eigenvalue weighted by Gasteiger charge is 2.27. The van der Waals surface area contributed by atoms with Gasteiger partial charge in [-0.3, -0.25) is 9.78 Å². The van der Waals surface area contributed by atoms with Gasteiger partial charge in [0.2, 0.25) is 5.82 Å². The number of halogens is 5. The Bertz CT molecular complexity index is 1010. The molecule has 2 aromatic carbocycles. The second-order valence-corrected chi connectivity index (χ2v) is 7.34. The molecule has 0 amide bonds. The van der Waals surface area contributed by atoms with E-state index in [4.69, 9.17) is 5.21 Å². The normalized spacial score (nSPS) is 10.6. The summed E-state index contributed by atoms with van der Waals surface area (Å²) in [4.78, 5) is 13.7. The summed E-state index contributed by atoms with van der Waals surface area (Å²) in [6, 6.07) is 9.78. The maximum atomic E-state index is 14.1. The first-order chi connectivity index (χ1) is 15.3. The number of aldehydes is 1. The number of benzene rings is 2. The molecule has 0 aliphatic heterocycles. The predicted molar refractivity (Wildman–Crippen MR) is 108 cm³/mol. The number of rotatable bonds is 7. The molecule has 0 aliphatic rings. The van der Waals surface area contributed by atoms with Gasteiger partial charge >= 0.3 is 0 Å². The molecule has 1 aromatic heterocycles. The lowest BCUT2D eigenvalue weighted by molar-refractivity contribution is 0.112. The molecule has 0 saturated carbocycles. The Balaban J connectivity index is 0.00000114. The van der Waals surface area contributed by atoms with Crippen LogP contribution in [0.25, 0.3) is 0 Å². The van der Waals surface area contributed by atoms with Crippen molar-refractivity contribution in [2.75, 3.05) is 7.05 Å². The number of carbonyl (C=O) groups is 1. The van der Waals surface area contributed by atoms with Crippen molar-refractivity contribution in [1.29, 1.82) is 0 Å². The molecule has 0 unspecified atom stereocenters. The van der Waals surface area contributed by atoms with Gasteiger partial charge in [0.25, 0.3) is 0 Å². The molecule has 1 heterocycles. The first-order valence-corrected chi connectivity index (χ1v) is 9.77. The van der Waals surface area contributed by atoms with Crippen LogP contribution in [0, 0.1) is 29.1 Å². The van der Waals surface area contributed by atoms with E-state index in [0.29, 0.717) is 34.9 Å². The van der Waals surface area contributed by atoms with Gasteiger partial charge in [0, 0.05) is 38.1 Å². The van der Waals surface area contributed by atoms with Crippen molar-refractivity contribution in [3.8, 4) is 0 Å². The largest absolute Gasteiger partial charge is 0.317 e. The average molecular weight is 471 g/mol. The Morgan fingerprint density at radius 3 is 1.97 bits per heavy atom. The summed E-state index contributed by atoms with van der Waals surface area (Å²) in [6.07, 6.45) is 3.74. The third-order valence-electron chi connectivity index (χ3n) is 3.95. The molecule has 0 bridgehead atoms. The molecule has 0 aliphatic carbocycles. The highest BCUT2D eigenvalue weighted by Crippen LogP contribution is 2.34. The van der Waals surface area contributed by atoms with E-state index in [1.54, 1.807) is 48.1 Å². The Morgan fingerprint density at radius 1 is 0.938 bits per heavy atom. The number of pyridine rings is 1. The van der Waals surface area contributed by atoms with Crippen LogP contribution < -0.4 is 5.48 Å². The quantitative estimate of drug-likeness (QED) is 0.128. The van der Waals surface area contributed by atoms with Gasteiger partial charge in [-0.25, -0.2) is 31.7 Å². The first-order valence-electron chi connectivity index (χ1n) is 9.00. The maximum absolute atomic E-state index is 14.1. The summed E-state index contributed by atoms with van der Waals surface area (Å²) < 4.78 is 70.1. The van der Waals surface area contributed by atoms with Crippen LogP contribution in [0.15, 0.2) is 53.7 Å². The number of hydrogen-bond acceptors (Lipinski definition) is 6. The van der Waals surface area contributed by atoms with Crippen LogP contribution in [0.5, 0.6) is 0 Å². The number of nitrogens with one attached hydrogen (secondary N) is 1. The van der Waals surface area contributed by atoms with Crippen LogP contribution in [0.4, 0.5) is 22.0 Å². The van der Waals surface area contributed by atoms with E-state index >= 15 is 0 Å². The Hall–Kier alpha value is -2.86. The topological polar surface area (TPSA) is 65.5 Å². The minimum absolute atomic E-state index is 0.109. The molecule has 0 fully saturated rings. The third-order valence-corrected chi connectivity index (χ3v) is 5.00. The van der Waals surface area contributed by atoms with Crippen molar-refractivity contribution in [1.82, 2.24) is 14.8 Å². The standard InChI is InChI=1S/C20H13F5N2OS.CH5NO/c21-15-16(22)18(24)20(19(25)17(15)23)29-27(10-14-2-1-7-26-8-14)9-12-3-5-13(11-28)6-4-12;1-2-3/h1-8,11H,9-10H2;2-3H,1H3. The molecule has 0 radical (unpaired) electrons. The van der Waals surface area contributed by atoms with Crippen LogP contribution in [0.1, 0.15) is 21.5 Å². The zero-order chi connectivity index (χ0) is 23.7. The van der Waals surface area contributed by atoms with Crippen LogP contribution in [-0.4, -0.2) is 27.8 Å². The lowest BCUT2D eigenvalue weighted by Gasteiger charge is -2.22. The van der Waals surface area contributed by atoms with Crippen molar-refractivity contribution in [2.45, 2.75) is 18.0 Å². The van der Waals surface area contributed by atoms with Crippen molar-refractivity contribution in [3.05, 3.63) is 94.6 Å². The van der Waals surface area contributed by atoms with Crippen LogP contribution >= 0.6 is 11.9 Å². The fourth-order valence-electron chi connectivity index (χ4n) is 2.51. The van der Waals surface area contributed by atoms with Gasteiger partial charge in [-0.1, -0.05) is 30.3 Å². The molecule has 0 atom stereocenters. The van der Waals surface area contributed by atoms with Gasteiger partial charge < -0.3 is 5.21 Å². The highest BCUT2D eigenvalue weighted by molar-refractivity contribution is 7.97. The fraction of sp³-hybridized carbons (Fsp3) is 0.143. The zero-order valence-corrected chi connectivity index (χ0v) is 17.5. The summed E-state index contributed by atoms with van der Waals surface area (Å²) in [6.45, 7) is 0.228. The van der Waals surface area contributed by atoms with Gasteiger partial charge in [-0.15, -0.1) is 0 Å². The van der Waals surface area contributed by atoms with E-state index in [1.807, 2.05) is 0 Å². The Labute approximate surface area is 185 Å². The Morgan fingerprint density at radius 2 is 1.47 bits per heavy atom. The van der Waals surface area contributed by atoms with E-state index in [2.05, 4.69) is 4.98 Å². The van der Waals surface area contributed by atoms with Crippen molar-refractivity contribution >= 4 is 18.2 Å². The molecule has 0 saturated heterocycles. The lowest BCUT2D eigenvalue weighted by atomic mass is 10.1. The summed E-state index contributed by atoms with van der Waals surface area (Å²) in [5.74, 6) is -9.98. The number of nitrogens with zero attached hydrogens (tertiary/aromatic N) is 2. The monoisotopic (exact) mass is 471 g/mol. The molecule has 0 spiro atoms. The summed E-state index contributed by atoms with van der Waals surface area (Å²) in [5.41, 5.74) is 3.55. The SMILES string of the molecule is CNO.O=Cc1ccc(CN(Cc2cccnc2)Sc2c(F)c(F)c(F)c(F)c2F)cc1. The summed E-state index contributed by atoms with van der Waals surface area (Å²) in [5, 5.41) is 7.32. The van der Waals surface area contributed by atoms with E-state index in [1.165, 1.54) is 17.5 Å². The molecule has 11 heteroatoms.